The lowest BCUT2D eigenvalue weighted by atomic mass is 9.93. The molecule has 1 heterocycles. The van der Waals surface area contributed by atoms with Crippen LogP contribution in [0.3, 0.4) is 0 Å². The second kappa shape index (κ2) is 9.96. The molecule has 2 aromatic rings. The van der Waals surface area contributed by atoms with E-state index in [2.05, 4.69) is 5.32 Å². The number of carbonyl (C=O) groups excluding carboxylic acids is 1. The van der Waals surface area contributed by atoms with Crippen LogP contribution in [0.2, 0.25) is 5.02 Å². The molecule has 0 spiro atoms. The van der Waals surface area contributed by atoms with E-state index in [0.29, 0.717) is 16.5 Å². The number of hydrogen-bond donors (Lipinski definition) is 1. The van der Waals surface area contributed by atoms with E-state index in [1.54, 1.807) is 0 Å². The first-order valence-corrected chi connectivity index (χ1v) is 9.35. The van der Waals surface area contributed by atoms with Gasteiger partial charge in [0.25, 0.3) is 5.91 Å². The number of rotatable bonds is 5. The van der Waals surface area contributed by atoms with Gasteiger partial charge in [0.05, 0.1) is 10.6 Å². The fourth-order valence-corrected chi connectivity index (χ4v) is 3.64. The van der Waals surface area contributed by atoms with Crippen molar-refractivity contribution in [1.82, 2.24) is 10.2 Å². The van der Waals surface area contributed by atoms with Crippen molar-refractivity contribution in [1.29, 1.82) is 0 Å². The van der Waals surface area contributed by atoms with Crippen LogP contribution in [0.15, 0.2) is 48.5 Å². The van der Waals surface area contributed by atoms with Crippen LogP contribution < -0.4 is 5.32 Å². The Hall–Kier alpha value is -1.55. The predicted molar refractivity (Wildman–Crippen MR) is 111 cm³/mol. The number of hydrogen-bond acceptors (Lipinski definition) is 2. The monoisotopic (exact) mass is 392 g/mol. The van der Waals surface area contributed by atoms with Crippen LogP contribution in [-0.4, -0.2) is 37.5 Å². The molecule has 26 heavy (non-hydrogen) atoms. The summed E-state index contributed by atoms with van der Waals surface area (Å²) in [5, 5.41) is 3.74. The van der Waals surface area contributed by atoms with Crippen molar-refractivity contribution in [2.24, 2.45) is 5.92 Å². The number of likely N-dealkylation sites (tertiary alicyclic amines) is 1. The fourth-order valence-electron chi connectivity index (χ4n) is 3.44. The summed E-state index contributed by atoms with van der Waals surface area (Å²) in [5.74, 6) is 0.762. The van der Waals surface area contributed by atoms with Gasteiger partial charge >= 0.3 is 0 Å². The largest absolute Gasteiger partial charge is 0.339 e. The fraction of sp³-hybridized carbons (Fsp3) is 0.381. The van der Waals surface area contributed by atoms with Crippen LogP contribution in [0.1, 0.15) is 29.6 Å². The normalized spacial score (nSPS) is 14.8. The number of piperidine rings is 1. The first-order valence-electron chi connectivity index (χ1n) is 8.98. The van der Waals surface area contributed by atoms with Gasteiger partial charge in [0, 0.05) is 13.1 Å². The average Bonchev–Trinajstić information content (AvgIpc) is 2.67. The molecule has 0 bridgehead atoms. The molecule has 1 aliphatic heterocycles. The third-order valence-corrected chi connectivity index (χ3v) is 5.34. The van der Waals surface area contributed by atoms with Gasteiger partial charge < -0.3 is 10.2 Å². The van der Waals surface area contributed by atoms with Crippen molar-refractivity contribution in [2.75, 3.05) is 26.7 Å². The van der Waals surface area contributed by atoms with Gasteiger partial charge in [-0.1, -0.05) is 48.0 Å². The molecule has 0 radical (unpaired) electrons. The molecule has 0 aromatic heterocycles. The van der Waals surface area contributed by atoms with Crippen molar-refractivity contribution < 1.29 is 4.79 Å². The Morgan fingerprint density at radius 1 is 1.12 bits per heavy atom. The molecule has 1 amide bonds. The van der Waals surface area contributed by atoms with Gasteiger partial charge in [0.2, 0.25) is 0 Å². The molecule has 0 unspecified atom stereocenters. The standard InChI is InChI=1S/C21H25ClN2O.ClH/c1-23-12-9-16-10-13-24(14-11-16)21(25)19-15-18(7-8-20(19)22)17-5-3-2-4-6-17;/h2-8,15-16,23H,9-14H2,1H3;1H. The molecule has 1 saturated heterocycles. The summed E-state index contributed by atoms with van der Waals surface area (Å²) in [6, 6.07) is 15.8. The van der Waals surface area contributed by atoms with E-state index in [4.69, 9.17) is 11.6 Å². The highest BCUT2D eigenvalue weighted by atomic mass is 35.5. The lowest BCUT2D eigenvalue weighted by Gasteiger charge is -2.32. The van der Waals surface area contributed by atoms with E-state index in [9.17, 15) is 4.79 Å². The lowest BCUT2D eigenvalue weighted by Crippen LogP contribution is -2.39. The number of benzene rings is 2. The molecule has 0 saturated carbocycles. The van der Waals surface area contributed by atoms with E-state index in [0.717, 1.165) is 43.6 Å². The first-order chi connectivity index (χ1) is 12.2. The molecule has 1 aliphatic rings. The Balaban J connectivity index is 0.00000243. The zero-order valence-corrected chi connectivity index (χ0v) is 16.7. The second-order valence-electron chi connectivity index (χ2n) is 6.69. The molecule has 3 nitrogen and oxygen atoms in total. The highest BCUT2D eigenvalue weighted by molar-refractivity contribution is 6.34. The Morgan fingerprint density at radius 2 is 1.81 bits per heavy atom. The predicted octanol–water partition coefficient (Wildman–Crippen LogP) is 4.89. The van der Waals surface area contributed by atoms with Crippen LogP contribution in [0.25, 0.3) is 11.1 Å². The molecule has 0 atom stereocenters. The van der Waals surface area contributed by atoms with Crippen LogP contribution in [0, 0.1) is 5.92 Å². The van der Waals surface area contributed by atoms with Crippen LogP contribution in [0.4, 0.5) is 0 Å². The van der Waals surface area contributed by atoms with Gasteiger partial charge in [-0.05, 0) is 62.0 Å². The van der Waals surface area contributed by atoms with Crippen molar-refractivity contribution >= 4 is 29.9 Å². The Bertz CT molecular complexity index is 713. The minimum Gasteiger partial charge on any atom is -0.339 e. The Labute approximate surface area is 167 Å². The van der Waals surface area contributed by atoms with Gasteiger partial charge in [-0.2, -0.15) is 0 Å². The van der Waals surface area contributed by atoms with Gasteiger partial charge in [-0.25, -0.2) is 0 Å². The van der Waals surface area contributed by atoms with E-state index >= 15 is 0 Å². The van der Waals surface area contributed by atoms with Crippen molar-refractivity contribution in [3.63, 3.8) is 0 Å². The average molecular weight is 393 g/mol. The molecule has 3 rings (SSSR count). The molecular weight excluding hydrogens is 367 g/mol. The third kappa shape index (κ3) is 5.00. The SMILES string of the molecule is CNCCC1CCN(C(=O)c2cc(-c3ccccc3)ccc2Cl)CC1.Cl. The van der Waals surface area contributed by atoms with Crippen LogP contribution >= 0.6 is 24.0 Å². The van der Waals surface area contributed by atoms with E-state index < -0.39 is 0 Å². The molecule has 5 heteroatoms. The number of nitrogens with one attached hydrogen (secondary N) is 1. The van der Waals surface area contributed by atoms with Crippen molar-refractivity contribution in [3.05, 3.63) is 59.1 Å². The van der Waals surface area contributed by atoms with Gasteiger partial charge in [0.15, 0.2) is 0 Å². The summed E-state index contributed by atoms with van der Waals surface area (Å²) in [4.78, 5) is 14.9. The molecular formula is C21H26Cl2N2O. The Kier molecular flexibility index (Phi) is 7.95. The van der Waals surface area contributed by atoms with Gasteiger partial charge in [-0.15, -0.1) is 12.4 Å². The minimum absolute atomic E-state index is 0. The van der Waals surface area contributed by atoms with Crippen LogP contribution in [-0.2, 0) is 0 Å². The number of amides is 1. The summed E-state index contributed by atoms with van der Waals surface area (Å²) in [7, 11) is 1.99. The van der Waals surface area contributed by atoms with E-state index in [1.165, 1.54) is 6.42 Å². The molecule has 2 aromatic carbocycles. The van der Waals surface area contributed by atoms with Gasteiger partial charge in [0.1, 0.15) is 0 Å². The first kappa shape index (κ1) is 20.8. The highest BCUT2D eigenvalue weighted by Crippen LogP contribution is 2.28. The molecule has 0 aliphatic carbocycles. The maximum absolute atomic E-state index is 13.0. The molecule has 140 valence electrons. The lowest BCUT2D eigenvalue weighted by molar-refractivity contribution is 0.0687. The minimum atomic E-state index is 0. The van der Waals surface area contributed by atoms with Crippen molar-refractivity contribution in [3.8, 4) is 11.1 Å². The zero-order valence-electron chi connectivity index (χ0n) is 15.1. The van der Waals surface area contributed by atoms with Gasteiger partial charge in [-0.3, -0.25) is 4.79 Å². The number of carbonyl (C=O) groups is 1. The summed E-state index contributed by atoms with van der Waals surface area (Å²) >= 11 is 6.34. The highest BCUT2D eigenvalue weighted by Gasteiger charge is 2.24. The third-order valence-electron chi connectivity index (χ3n) is 5.01. The summed E-state index contributed by atoms with van der Waals surface area (Å²) < 4.78 is 0. The van der Waals surface area contributed by atoms with E-state index in [1.807, 2.05) is 60.5 Å². The zero-order chi connectivity index (χ0) is 17.6. The maximum Gasteiger partial charge on any atom is 0.255 e. The van der Waals surface area contributed by atoms with Crippen LogP contribution in [0.5, 0.6) is 0 Å². The summed E-state index contributed by atoms with van der Waals surface area (Å²) in [6.07, 6.45) is 3.33. The summed E-state index contributed by atoms with van der Waals surface area (Å²) in [5.41, 5.74) is 2.73. The number of nitrogens with zero attached hydrogens (tertiary/aromatic N) is 1. The Morgan fingerprint density at radius 3 is 2.46 bits per heavy atom. The topological polar surface area (TPSA) is 32.3 Å². The van der Waals surface area contributed by atoms with Crippen molar-refractivity contribution in [2.45, 2.75) is 19.3 Å². The summed E-state index contributed by atoms with van der Waals surface area (Å²) in [6.45, 7) is 2.68. The second-order valence-corrected chi connectivity index (χ2v) is 7.10. The number of halogens is 2. The smallest absolute Gasteiger partial charge is 0.255 e. The van der Waals surface area contributed by atoms with E-state index in [-0.39, 0.29) is 18.3 Å². The molecule has 1 N–H and O–H groups in total. The molecule has 1 fully saturated rings. The maximum atomic E-state index is 13.0. The quantitative estimate of drug-likeness (QED) is 0.785.